The molecule has 0 bridgehead atoms. The van der Waals surface area contributed by atoms with Crippen LogP contribution in [-0.4, -0.2) is 37.5 Å². The van der Waals surface area contributed by atoms with Gasteiger partial charge in [-0.15, -0.1) is 0 Å². The Morgan fingerprint density at radius 3 is 2.75 bits per heavy atom. The smallest absolute Gasteiger partial charge is 0.244 e. The van der Waals surface area contributed by atoms with Crippen LogP contribution >= 0.6 is 11.6 Å². The number of hydrogen-bond donors (Lipinski definition) is 1. The molecule has 0 spiro atoms. The van der Waals surface area contributed by atoms with Gasteiger partial charge in [-0.2, -0.15) is 0 Å². The Kier molecular flexibility index (Phi) is 4.69. The molecule has 2 unspecified atom stereocenters. The van der Waals surface area contributed by atoms with Gasteiger partial charge in [0.25, 0.3) is 0 Å². The molecule has 2 atom stereocenters. The monoisotopic (exact) mass is 321 g/mol. The Bertz CT molecular complexity index is 593. The Morgan fingerprint density at radius 2 is 2.15 bits per heavy atom. The lowest BCUT2D eigenvalue weighted by Crippen LogP contribution is -2.34. The van der Waals surface area contributed by atoms with Gasteiger partial charge in [0.15, 0.2) is 0 Å². The second-order valence-corrected chi connectivity index (χ2v) is 7.54. The third kappa shape index (κ3) is 3.14. The molecule has 0 aromatic heterocycles. The van der Waals surface area contributed by atoms with Crippen LogP contribution in [-0.2, 0) is 10.0 Å². The van der Waals surface area contributed by atoms with Gasteiger partial charge >= 0.3 is 0 Å². The number of aliphatic hydroxyl groups excluding tert-OH is 1. The minimum absolute atomic E-state index is 0.00906. The predicted molar refractivity (Wildman–Crippen MR) is 74.6 cm³/mol. The summed E-state index contributed by atoms with van der Waals surface area (Å²) >= 11 is 5.85. The largest absolute Gasteiger partial charge is 0.393 e. The van der Waals surface area contributed by atoms with Crippen molar-refractivity contribution in [3.8, 4) is 0 Å². The van der Waals surface area contributed by atoms with Crippen molar-refractivity contribution in [3.05, 3.63) is 29.0 Å². The summed E-state index contributed by atoms with van der Waals surface area (Å²) in [6, 6.07) is 3.25. The highest BCUT2D eigenvalue weighted by atomic mass is 35.5. The van der Waals surface area contributed by atoms with E-state index in [1.807, 2.05) is 0 Å². The van der Waals surface area contributed by atoms with Crippen LogP contribution in [0.25, 0.3) is 0 Å². The van der Waals surface area contributed by atoms with Gasteiger partial charge in [0, 0.05) is 13.6 Å². The Labute approximate surface area is 123 Å². The molecule has 7 heteroatoms. The number of hydrogen-bond acceptors (Lipinski definition) is 3. The number of sulfonamides is 1. The normalized spacial score (nSPS) is 23.4. The van der Waals surface area contributed by atoms with E-state index in [0.717, 1.165) is 29.3 Å². The standard InChI is InChI=1S/C13H17ClFNO3S/c1-16(8-9-3-2-4-12(9)17)20(18,19)13-7-10(15)5-6-11(13)14/h5-7,9,12,17H,2-4,8H2,1H3. The molecule has 1 aliphatic carbocycles. The van der Waals surface area contributed by atoms with Crippen LogP contribution in [0.3, 0.4) is 0 Å². The molecule has 1 fully saturated rings. The van der Waals surface area contributed by atoms with Crippen molar-refractivity contribution in [1.82, 2.24) is 4.31 Å². The molecule has 4 nitrogen and oxygen atoms in total. The highest BCUT2D eigenvalue weighted by Gasteiger charge is 2.31. The van der Waals surface area contributed by atoms with E-state index < -0.39 is 21.9 Å². The molecular weight excluding hydrogens is 305 g/mol. The first kappa shape index (κ1) is 15.7. The van der Waals surface area contributed by atoms with E-state index >= 15 is 0 Å². The van der Waals surface area contributed by atoms with Crippen LogP contribution in [0.2, 0.25) is 5.02 Å². The molecule has 0 saturated heterocycles. The average Bonchev–Trinajstić information content (AvgIpc) is 2.78. The second-order valence-electron chi connectivity index (χ2n) is 5.12. The highest BCUT2D eigenvalue weighted by Crippen LogP contribution is 2.29. The summed E-state index contributed by atoms with van der Waals surface area (Å²) < 4.78 is 39.1. The number of halogens is 2. The first-order chi connectivity index (χ1) is 9.32. The second kappa shape index (κ2) is 5.97. The van der Waals surface area contributed by atoms with Crippen molar-refractivity contribution in [2.45, 2.75) is 30.3 Å². The van der Waals surface area contributed by atoms with Gasteiger partial charge in [-0.05, 0) is 37.0 Å². The van der Waals surface area contributed by atoms with Crippen molar-refractivity contribution >= 4 is 21.6 Å². The minimum Gasteiger partial charge on any atom is -0.393 e. The first-order valence-corrected chi connectivity index (χ1v) is 8.23. The summed E-state index contributed by atoms with van der Waals surface area (Å²) in [7, 11) is -2.43. The molecule has 1 N–H and O–H groups in total. The number of rotatable bonds is 4. The van der Waals surface area contributed by atoms with Crippen molar-refractivity contribution in [3.63, 3.8) is 0 Å². The predicted octanol–water partition coefficient (Wildman–Crippen LogP) is 2.26. The zero-order valence-electron chi connectivity index (χ0n) is 11.1. The molecule has 0 aliphatic heterocycles. The number of aliphatic hydroxyl groups is 1. The van der Waals surface area contributed by atoms with Crippen molar-refractivity contribution < 1.29 is 17.9 Å². The first-order valence-electron chi connectivity index (χ1n) is 6.42. The zero-order chi connectivity index (χ0) is 14.9. The van der Waals surface area contributed by atoms with E-state index in [9.17, 15) is 17.9 Å². The molecule has 1 saturated carbocycles. The molecule has 20 heavy (non-hydrogen) atoms. The van der Waals surface area contributed by atoms with E-state index in [4.69, 9.17) is 11.6 Å². The van der Waals surface area contributed by atoms with E-state index in [2.05, 4.69) is 0 Å². The van der Waals surface area contributed by atoms with Gasteiger partial charge in [-0.1, -0.05) is 18.0 Å². The summed E-state index contributed by atoms with van der Waals surface area (Å²) in [5.74, 6) is -0.732. The van der Waals surface area contributed by atoms with Gasteiger partial charge in [0.1, 0.15) is 10.7 Å². The molecule has 1 aliphatic rings. The Hall–Kier alpha value is -0.690. The van der Waals surface area contributed by atoms with Crippen LogP contribution in [0.5, 0.6) is 0 Å². The van der Waals surface area contributed by atoms with Crippen LogP contribution in [0.4, 0.5) is 4.39 Å². The third-order valence-corrected chi connectivity index (χ3v) is 6.00. The molecule has 0 amide bonds. The van der Waals surface area contributed by atoms with E-state index in [0.29, 0.717) is 6.42 Å². The van der Waals surface area contributed by atoms with Crippen molar-refractivity contribution in [2.75, 3.05) is 13.6 Å². The number of nitrogens with zero attached hydrogens (tertiary/aromatic N) is 1. The molecule has 1 aromatic carbocycles. The average molecular weight is 322 g/mol. The summed E-state index contributed by atoms with van der Waals surface area (Å²) in [5.41, 5.74) is 0. The van der Waals surface area contributed by atoms with Gasteiger partial charge in [0.2, 0.25) is 10.0 Å². The molecule has 1 aromatic rings. The fourth-order valence-electron chi connectivity index (χ4n) is 2.50. The lowest BCUT2D eigenvalue weighted by molar-refractivity contribution is 0.123. The summed E-state index contributed by atoms with van der Waals surface area (Å²) in [4.78, 5) is -0.242. The van der Waals surface area contributed by atoms with Crippen LogP contribution in [0.15, 0.2) is 23.1 Å². The molecule has 2 rings (SSSR count). The fraction of sp³-hybridized carbons (Fsp3) is 0.538. The summed E-state index contributed by atoms with van der Waals surface area (Å²) in [6.45, 7) is 0.205. The SMILES string of the molecule is CN(CC1CCCC1O)S(=O)(=O)c1cc(F)ccc1Cl. The third-order valence-electron chi connectivity index (χ3n) is 3.69. The van der Waals surface area contributed by atoms with Crippen molar-refractivity contribution in [2.24, 2.45) is 5.92 Å². The Morgan fingerprint density at radius 1 is 1.45 bits per heavy atom. The fourth-order valence-corrected chi connectivity index (χ4v) is 4.21. The van der Waals surface area contributed by atoms with Gasteiger partial charge in [0.05, 0.1) is 11.1 Å². The molecule has 0 radical (unpaired) electrons. The zero-order valence-corrected chi connectivity index (χ0v) is 12.7. The van der Waals surface area contributed by atoms with Crippen LogP contribution in [0, 0.1) is 11.7 Å². The molecule has 112 valence electrons. The Balaban J connectivity index is 2.23. The van der Waals surface area contributed by atoms with Gasteiger partial charge in [-0.3, -0.25) is 0 Å². The van der Waals surface area contributed by atoms with Gasteiger partial charge in [-0.25, -0.2) is 17.1 Å². The maximum Gasteiger partial charge on any atom is 0.244 e. The van der Waals surface area contributed by atoms with Gasteiger partial charge < -0.3 is 5.11 Å². The summed E-state index contributed by atoms with van der Waals surface area (Å²) in [5, 5.41) is 9.76. The maximum absolute atomic E-state index is 13.2. The lowest BCUT2D eigenvalue weighted by Gasteiger charge is -2.23. The van der Waals surface area contributed by atoms with E-state index in [1.165, 1.54) is 13.1 Å². The summed E-state index contributed by atoms with van der Waals surface area (Å²) in [6.07, 6.45) is 1.90. The lowest BCUT2D eigenvalue weighted by atomic mass is 10.1. The molecule has 0 heterocycles. The van der Waals surface area contributed by atoms with E-state index in [-0.39, 0.29) is 22.4 Å². The quantitative estimate of drug-likeness (QED) is 0.925. The maximum atomic E-state index is 13.2. The minimum atomic E-state index is -3.85. The van der Waals surface area contributed by atoms with E-state index in [1.54, 1.807) is 0 Å². The topological polar surface area (TPSA) is 57.6 Å². The highest BCUT2D eigenvalue weighted by molar-refractivity contribution is 7.89. The van der Waals surface area contributed by atoms with Crippen molar-refractivity contribution in [1.29, 1.82) is 0 Å². The molecular formula is C13H17ClFNO3S. The van der Waals surface area contributed by atoms with Crippen LogP contribution in [0.1, 0.15) is 19.3 Å². The number of benzene rings is 1. The van der Waals surface area contributed by atoms with Crippen LogP contribution < -0.4 is 0 Å².